The van der Waals surface area contributed by atoms with E-state index in [2.05, 4.69) is 0 Å². The number of hydrogen-bond donors (Lipinski definition) is 0. The quantitative estimate of drug-likeness (QED) is 0.738. The third kappa shape index (κ3) is 2.97. The molecular formula is C15H9F4N. The molecule has 0 aromatic heterocycles. The minimum atomic E-state index is -4.48. The molecule has 5 heteroatoms. The minimum Gasteiger partial charge on any atom is -0.207 e. The summed E-state index contributed by atoms with van der Waals surface area (Å²) in [6.45, 7) is 0. The summed E-state index contributed by atoms with van der Waals surface area (Å²) in [6, 6.07) is 10.3. The Morgan fingerprint density at radius 1 is 1.05 bits per heavy atom. The number of benzene rings is 2. The standard InChI is InChI=1S/C15H9F4N/c16-13-3-1-2-11(8-13)14-9-12(15(17,18)19)5-4-10(14)6-7-20/h1-5,8-9H,6H2. The molecule has 0 atom stereocenters. The predicted octanol–water partition coefficient (Wildman–Crippen LogP) is 4.58. The van der Waals surface area contributed by atoms with Crippen LogP contribution in [0.3, 0.4) is 0 Å². The maximum atomic E-state index is 13.2. The zero-order chi connectivity index (χ0) is 14.8. The molecule has 1 nitrogen and oxygen atoms in total. The van der Waals surface area contributed by atoms with Gasteiger partial charge in [0, 0.05) is 0 Å². The second kappa shape index (κ2) is 5.33. The molecule has 0 saturated carbocycles. The smallest absolute Gasteiger partial charge is 0.207 e. The van der Waals surface area contributed by atoms with E-state index in [9.17, 15) is 17.6 Å². The van der Waals surface area contributed by atoms with Crippen molar-refractivity contribution >= 4 is 0 Å². The summed E-state index contributed by atoms with van der Waals surface area (Å²) in [5, 5.41) is 8.73. The molecule has 0 aliphatic rings. The van der Waals surface area contributed by atoms with Crippen molar-refractivity contribution in [2.75, 3.05) is 0 Å². The first-order valence-corrected chi connectivity index (χ1v) is 5.75. The van der Waals surface area contributed by atoms with Crippen molar-refractivity contribution in [3.63, 3.8) is 0 Å². The lowest BCUT2D eigenvalue weighted by atomic mass is 9.95. The number of nitrogens with zero attached hydrogens (tertiary/aromatic N) is 1. The Morgan fingerprint density at radius 2 is 1.80 bits per heavy atom. The van der Waals surface area contributed by atoms with Crippen molar-refractivity contribution in [3.05, 3.63) is 59.4 Å². The van der Waals surface area contributed by atoms with Gasteiger partial charge in [0.15, 0.2) is 0 Å². The van der Waals surface area contributed by atoms with Gasteiger partial charge >= 0.3 is 6.18 Å². The highest BCUT2D eigenvalue weighted by Gasteiger charge is 2.31. The average Bonchev–Trinajstić information content (AvgIpc) is 2.38. The van der Waals surface area contributed by atoms with E-state index in [-0.39, 0.29) is 12.0 Å². The van der Waals surface area contributed by atoms with E-state index in [4.69, 9.17) is 5.26 Å². The largest absolute Gasteiger partial charge is 0.416 e. The van der Waals surface area contributed by atoms with Crippen LogP contribution < -0.4 is 0 Å². The van der Waals surface area contributed by atoms with E-state index in [1.807, 2.05) is 6.07 Å². The van der Waals surface area contributed by atoms with Gasteiger partial charge in [-0.25, -0.2) is 4.39 Å². The van der Waals surface area contributed by atoms with Crippen LogP contribution in [0.15, 0.2) is 42.5 Å². The number of halogens is 4. The summed E-state index contributed by atoms with van der Waals surface area (Å²) in [5.41, 5.74) is 0.159. The summed E-state index contributed by atoms with van der Waals surface area (Å²) >= 11 is 0. The summed E-state index contributed by atoms with van der Waals surface area (Å²) in [7, 11) is 0. The topological polar surface area (TPSA) is 23.8 Å². The van der Waals surface area contributed by atoms with Gasteiger partial charge in [-0.05, 0) is 41.0 Å². The average molecular weight is 279 g/mol. The molecule has 0 saturated heterocycles. The van der Waals surface area contributed by atoms with E-state index in [1.54, 1.807) is 0 Å². The molecule has 0 bridgehead atoms. The van der Waals surface area contributed by atoms with Crippen molar-refractivity contribution in [1.29, 1.82) is 5.26 Å². The molecule has 20 heavy (non-hydrogen) atoms. The summed E-state index contributed by atoms with van der Waals surface area (Å²) < 4.78 is 51.4. The van der Waals surface area contributed by atoms with Gasteiger partial charge in [-0.15, -0.1) is 0 Å². The number of hydrogen-bond acceptors (Lipinski definition) is 1. The van der Waals surface area contributed by atoms with Gasteiger partial charge in [0.2, 0.25) is 0 Å². The Hall–Kier alpha value is -2.35. The number of rotatable bonds is 2. The fourth-order valence-corrected chi connectivity index (χ4v) is 1.92. The second-order valence-corrected chi connectivity index (χ2v) is 4.21. The summed E-state index contributed by atoms with van der Waals surface area (Å²) in [6.07, 6.45) is -4.52. The van der Waals surface area contributed by atoms with Gasteiger partial charge in [0.05, 0.1) is 18.1 Å². The normalized spacial score (nSPS) is 11.2. The van der Waals surface area contributed by atoms with Gasteiger partial charge < -0.3 is 0 Å². The molecule has 0 spiro atoms. The molecule has 0 aliphatic heterocycles. The molecule has 0 heterocycles. The summed E-state index contributed by atoms with van der Waals surface area (Å²) in [4.78, 5) is 0. The SMILES string of the molecule is N#CCc1ccc(C(F)(F)F)cc1-c1cccc(F)c1. The van der Waals surface area contributed by atoms with E-state index in [1.165, 1.54) is 24.3 Å². The Labute approximate surface area is 113 Å². The van der Waals surface area contributed by atoms with E-state index in [0.29, 0.717) is 11.1 Å². The van der Waals surface area contributed by atoms with Crippen LogP contribution in [0.2, 0.25) is 0 Å². The first-order chi connectivity index (χ1) is 9.41. The third-order valence-corrected chi connectivity index (χ3v) is 2.84. The highest BCUT2D eigenvalue weighted by molar-refractivity contribution is 5.69. The van der Waals surface area contributed by atoms with Gasteiger partial charge in [-0.2, -0.15) is 18.4 Å². The molecular weight excluding hydrogens is 270 g/mol. The highest BCUT2D eigenvalue weighted by Crippen LogP contribution is 2.34. The maximum absolute atomic E-state index is 13.2. The molecule has 0 radical (unpaired) electrons. The van der Waals surface area contributed by atoms with Crippen LogP contribution >= 0.6 is 0 Å². The second-order valence-electron chi connectivity index (χ2n) is 4.21. The molecule has 0 unspecified atom stereocenters. The fraction of sp³-hybridized carbons (Fsp3) is 0.133. The molecule has 2 rings (SSSR count). The van der Waals surface area contributed by atoms with E-state index >= 15 is 0 Å². The predicted molar refractivity (Wildman–Crippen MR) is 66.2 cm³/mol. The first-order valence-electron chi connectivity index (χ1n) is 5.75. The van der Waals surface area contributed by atoms with Gasteiger partial charge in [-0.3, -0.25) is 0 Å². The molecule has 0 fully saturated rings. The fourth-order valence-electron chi connectivity index (χ4n) is 1.92. The van der Waals surface area contributed by atoms with Gasteiger partial charge in [-0.1, -0.05) is 18.2 Å². The Bertz CT molecular complexity index is 668. The Morgan fingerprint density at radius 3 is 2.40 bits per heavy atom. The lowest BCUT2D eigenvalue weighted by molar-refractivity contribution is -0.137. The first kappa shape index (κ1) is 14.1. The summed E-state index contributed by atoms with van der Waals surface area (Å²) in [5.74, 6) is -0.539. The maximum Gasteiger partial charge on any atom is 0.416 e. The van der Waals surface area contributed by atoms with E-state index in [0.717, 1.165) is 18.2 Å². The van der Waals surface area contributed by atoms with Crippen LogP contribution in [0.25, 0.3) is 11.1 Å². The Balaban J connectivity index is 2.61. The van der Waals surface area contributed by atoms with Crippen molar-refractivity contribution < 1.29 is 17.6 Å². The van der Waals surface area contributed by atoms with Gasteiger partial charge in [0.25, 0.3) is 0 Å². The van der Waals surface area contributed by atoms with Crippen LogP contribution in [-0.4, -0.2) is 0 Å². The molecule has 0 amide bonds. The molecule has 0 N–H and O–H groups in total. The van der Waals surface area contributed by atoms with Crippen LogP contribution in [0.5, 0.6) is 0 Å². The molecule has 2 aromatic carbocycles. The minimum absolute atomic E-state index is 0.0377. The molecule has 102 valence electrons. The molecule has 2 aromatic rings. The zero-order valence-electron chi connectivity index (χ0n) is 10.2. The van der Waals surface area contributed by atoms with Crippen LogP contribution in [0.4, 0.5) is 17.6 Å². The lowest BCUT2D eigenvalue weighted by Gasteiger charge is -2.12. The van der Waals surface area contributed by atoms with Crippen LogP contribution in [-0.2, 0) is 12.6 Å². The van der Waals surface area contributed by atoms with Crippen molar-refractivity contribution in [2.45, 2.75) is 12.6 Å². The van der Waals surface area contributed by atoms with Crippen molar-refractivity contribution in [2.24, 2.45) is 0 Å². The van der Waals surface area contributed by atoms with Crippen LogP contribution in [0.1, 0.15) is 11.1 Å². The number of nitriles is 1. The lowest BCUT2D eigenvalue weighted by Crippen LogP contribution is -2.05. The molecule has 0 aliphatic carbocycles. The monoisotopic (exact) mass is 279 g/mol. The van der Waals surface area contributed by atoms with E-state index < -0.39 is 17.6 Å². The van der Waals surface area contributed by atoms with Crippen molar-refractivity contribution in [3.8, 4) is 17.2 Å². The van der Waals surface area contributed by atoms with Crippen LogP contribution in [0, 0.1) is 17.1 Å². The number of alkyl halides is 3. The zero-order valence-corrected chi connectivity index (χ0v) is 10.2. The van der Waals surface area contributed by atoms with Crippen molar-refractivity contribution in [1.82, 2.24) is 0 Å². The Kier molecular flexibility index (Phi) is 3.75. The third-order valence-electron chi connectivity index (χ3n) is 2.84. The highest BCUT2D eigenvalue weighted by atomic mass is 19.4. The van der Waals surface area contributed by atoms with Gasteiger partial charge in [0.1, 0.15) is 5.82 Å².